The molecule has 0 saturated carbocycles. The maximum atomic E-state index is 15.6. The van der Waals surface area contributed by atoms with E-state index in [1.807, 2.05) is 58.0 Å². The van der Waals surface area contributed by atoms with E-state index in [4.69, 9.17) is 17.3 Å². The molecular formula is C29H32ClF4NO2. The van der Waals surface area contributed by atoms with Gasteiger partial charge in [0.25, 0.3) is 0 Å². The molecule has 8 heteroatoms. The Hall–Kier alpha value is -3.06. The van der Waals surface area contributed by atoms with Crippen LogP contribution in [-0.2, 0) is 11.8 Å². The quantitative estimate of drug-likeness (QED) is 0.278. The Labute approximate surface area is 220 Å². The first-order valence-electron chi connectivity index (χ1n) is 12.1. The largest absolute Gasteiger partial charge is 0.432 e. The number of hydrogen-bond donors (Lipinski definition) is 1. The number of rotatable bonds is 9. The SMILES string of the molecule is CC.CCC[C@](C)(Cc1c(C)cc(F)c(Cl)c1-c1c(C(N)=O)ccc(OC(F)F)c1F)c1ccccc1. The van der Waals surface area contributed by atoms with Crippen molar-refractivity contribution < 1.29 is 27.1 Å². The summed E-state index contributed by atoms with van der Waals surface area (Å²) in [6.45, 7) is 6.40. The second kappa shape index (κ2) is 13.0. The molecule has 3 rings (SSSR count). The molecule has 0 aromatic heterocycles. The van der Waals surface area contributed by atoms with Crippen molar-refractivity contribution in [2.75, 3.05) is 0 Å². The molecule has 0 spiro atoms. The lowest BCUT2D eigenvalue weighted by molar-refractivity contribution is -0.0521. The van der Waals surface area contributed by atoms with Gasteiger partial charge in [-0.1, -0.05) is 76.0 Å². The van der Waals surface area contributed by atoms with Crippen LogP contribution in [0.2, 0.25) is 5.02 Å². The van der Waals surface area contributed by atoms with Gasteiger partial charge in [-0.05, 0) is 60.1 Å². The predicted octanol–water partition coefficient (Wildman–Crippen LogP) is 8.62. The monoisotopic (exact) mass is 537 g/mol. The number of nitrogens with two attached hydrogens (primary N) is 1. The highest BCUT2D eigenvalue weighted by Crippen LogP contribution is 2.44. The van der Waals surface area contributed by atoms with Gasteiger partial charge in [-0.2, -0.15) is 8.78 Å². The van der Waals surface area contributed by atoms with Gasteiger partial charge in [-0.25, -0.2) is 8.78 Å². The Morgan fingerprint density at radius 1 is 1.08 bits per heavy atom. The summed E-state index contributed by atoms with van der Waals surface area (Å²) in [4.78, 5) is 12.2. The molecule has 1 amide bonds. The molecule has 200 valence electrons. The number of halogens is 5. The Kier molecular flexibility index (Phi) is 10.6. The first-order valence-corrected chi connectivity index (χ1v) is 12.5. The molecule has 3 aromatic carbocycles. The van der Waals surface area contributed by atoms with E-state index in [0.717, 1.165) is 30.5 Å². The maximum absolute atomic E-state index is 15.6. The van der Waals surface area contributed by atoms with Gasteiger partial charge in [0.2, 0.25) is 5.91 Å². The van der Waals surface area contributed by atoms with Crippen LogP contribution in [0.15, 0.2) is 48.5 Å². The third-order valence-corrected chi connectivity index (χ3v) is 6.60. The minimum Gasteiger partial charge on any atom is -0.432 e. The number of primary amides is 1. The summed E-state index contributed by atoms with van der Waals surface area (Å²) in [7, 11) is 0. The van der Waals surface area contributed by atoms with Crippen LogP contribution in [0.25, 0.3) is 11.1 Å². The standard InChI is InChI=1S/C27H26ClF4NO2.C2H6/c1-4-12-27(3,16-8-6-5-7-9-16)14-18-15(2)13-19(29)23(28)21(18)22-17(25(33)34)10-11-20(24(22)30)35-26(31)32;1-2/h5-11,13,26H,4,12,14H2,1-3H3,(H2,33,34);1-2H3/t27-;/m1./s1. The minimum absolute atomic E-state index is 0.103. The zero-order chi connectivity index (χ0) is 27.9. The van der Waals surface area contributed by atoms with Crippen molar-refractivity contribution in [3.63, 3.8) is 0 Å². The van der Waals surface area contributed by atoms with E-state index >= 15 is 4.39 Å². The first-order chi connectivity index (χ1) is 17.5. The van der Waals surface area contributed by atoms with Gasteiger partial charge in [0.1, 0.15) is 5.82 Å². The third-order valence-electron chi connectivity index (χ3n) is 6.23. The summed E-state index contributed by atoms with van der Waals surface area (Å²) in [5.41, 5.74) is 6.08. The lowest BCUT2D eigenvalue weighted by Crippen LogP contribution is -2.26. The number of carbonyl (C=O) groups excluding carboxylic acids is 1. The van der Waals surface area contributed by atoms with Gasteiger partial charge in [-0.3, -0.25) is 4.79 Å². The topological polar surface area (TPSA) is 52.3 Å². The maximum Gasteiger partial charge on any atom is 0.387 e. The van der Waals surface area contributed by atoms with Crippen molar-refractivity contribution in [1.82, 2.24) is 0 Å². The van der Waals surface area contributed by atoms with Crippen molar-refractivity contribution in [2.45, 2.75) is 65.9 Å². The number of amides is 1. The van der Waals surface area contributed by atoms with Gasteiger partial charge >= 0.3 is 6.61 Å². The Morgan fingerprint density at radius 3 is 2.24 bits per heavy atom. The van der Waals surface area contributed by atoms with E-state index in [-0.39, 0.29) is 11.1 Å². The lowest BCUT2D eigenvalue weighted by atomic mass is 9.72. The average Bonchev–Trinajstić information content (AvgIpc) is 2.86. The smallest absolute Gasteiger partial charge is 0.387 e. The number of hydrogen-bond acceptors (Lipinski definition) is 2. The third kappa shape index (κ3) is 6.63. The van der Waals surface area contributed by atoms with E-state index in [0.29, 0.717) is 17.5 Å². The molecule has 0 aliphatic rings. The van der Waals surface area contributed by atoms with Gasteiger partial charge in [0.05, 0.1) is 10.6 Å². The van der Waals surface area contributed by atoms with Crippen LogP contribution < -0.4 is 10.5 Å². The zero-order valence-corrected chi connectivity index (χ0v) is 22.4. The van der Waals surface area contributed by atoms with Crippen LogP contribution in [-0.4, -0.2) is 12.5 Å². The van der Waals surface area contributed by atoms with Crippen LogP contribution in [0.1, 0.15) is 67.6 Å². The number of ether oxygens (including phenoxy) is 1. The average molecular weight is 538 g/mol. The number of aryl methyl sites for hydroxylation is 1. The lowest BCUT2D eigenvalue weighted by Gasteiger charge is -2.32. The first kappa shape index (κ1) is 30.2. The van der Waals surface area contributed by atoms with Gasteiger partial charge in [0, 0.05) is 11.1 Å². The number of alkyl halides is 2. The highest BCUT2D eigenvalue weighted by atomic mass is 35.5. The fraction of sp³-hybridized carbons (Fsp3) is 0.345. The minimum atomic E-state index is -3.31. The molecule has 0 fully saturated rings. The van der Waals surface area contributed by atoms with Gasteiger partial charge < -0.3 is 10.5 Å². The molecule has 3 nitrogen and oxygen atoms in total. The molecule has 3 aromatic rings. The summed E-state index contributed by atoms with van der Waals surface area (Å²) in [6.07, 6.45) is 1.88. The van der Waals surface area contributed by atoms with Crippen molar-refractivity contribution in [2.24, 2.45) is 5.73 Å². The summed E-state index contributed by atoms with van der Waals surface area (Å²) < 4.78 is 60.6. The van der Waals surface area contributed by atoms with Crippen molar-refractivity contribution >= 4 is 17.5 Å². The van der Waals surface area contributed by atoms with Crippen molar-refractivity contribution in [1.29, 1.82) is 0 Å². The van der Waals surface area contributed by atoms with E-state index in [2.05, 4.69) is 4.74 Å². The molecule has 0 bridgehead atoms. The summed E-state index contributed by atoms with van der Waals surface area (Å²) in [5.74, 6) is -3.93. The molecule has 0 aliphatic carbocycles. The van der Waals surface area contributed by atoms with Crippen molar-refractivity contribution in [3.8, 4) is 16.9 Å². The summed E-state index contributed by atoms with van der Waals surface area (Å²) in [6, 6.07) is 12.8. The van der Waals surface area contributed by atoms with Gasteiger partial charge in [0.15, 0.2) is 11.6 Å². The molecular weight excluding hydrogens is 506 g/mol. The molecule has 1 atom stereocenters. The fourth-order valence-electron chi connectivity index (χ4n) is 4.59. The molecule has 0 aliphatic heterocycles. The highest BCUT2D eigenvalue weighted by molar-refractivity contribution is 6.34. The van der Waals surface area contributed by atoms with Gasteiger partial charge in [-0.15, -0.1) is 0 Å². The second-order valence-electron chi connectivity index (χ2n) is 8.74. The van der Waals surface area contributed by atoms with E-state index in [1.165, 1.54) is 6.07 Å². The molecule has 0 radical (unpaired) electrons. The Morgan fingerprint density at radius 2 is 1.70 bits per heavy atom. The normalized spacial score (nSPS) is 12.5. The van der Waals surface area contributed by atoms with Crippen LogP contribution >= 0.6 is 11.6 Å². The highest BCUT2D eigenvalue weighted by Gasteiger charge is 2.32. The molecule has 2 N–H and O–H groups in total. The van der Waals surface area contributed by atoms with Crippen LogP contribution in [0, 0.1) is 18.6 Å². The van der Waals surface area contributed by atoms with E-state index in [1.54, 1.807) is 6.92 Å². The molecule has 0 unspecified atom stereocenters. The predicted molar refractivity (Wildman–Crippen MR) is 140 cm³/mol. The van der Waals surface area contributed by atoms with E-state index < -0.39 is 45.9 Å². The molecule has 0 heterocycles. The number of carbonyl (C=O) groups is 1. The summed E-state index contributed by atoms with van der Waals surface area (Å²) in [5, 5.41) is -0.437. The molecule has 37 heavy (non-hydrogen) atoms. The molecule has 0 saturated heterocycles. The second-order valence-corrected chi connectivity index (χ2v) is 9.12. The zero-order valence-electron chi connectivity index (χ0n) is 21.6. The van der Waals surface area contributed by atoms with Crippen LogP contribution in [0.5, 0.6) is 5.75 Å². The summed E-state index contributed by atoms with van der Waals surface area (Å²) >= 11 is 6.38. The Bertz CT molecular complexity index is 1230. The van der Waals surface area contributed by atoms with Crippen molar-refractivity contribution in [3.05, 3.63) is 87.4 Å². The van der Waals surface area contributed by atoms with Crippen LogP contribution in [0.3, 0.4) is 0 Å². The number of benzene rings is 3. The fourth-order valence-corrected chi connectivity index (χ4v) is 4.85. The van der Waals surface area contributed by atoms with Crippen LogP contribution in [0.4, 0.5) is 17.6 Å². The Balaban J connectivity index is 0.00000235. The van der Waals surface area contributed by atoms with E-state index in [9.17, 15) is 18.0 Å².